The van der Waals surface area contributed by atoms with Crippen LogP contribution in [0.5, 0.6) is 5.75 Å². The first-order valence-electron chi connectivity index (χ1n) is 6.09. The Bertz CT molecular complexity index is 378. The molecule has 1 saturated heterocycles. The quantitative estimate of drug-likeness (QED) is 0.568. The Hall–Kier alpha value is -1.28. The summed E-state index contributed by atoms with van der Waals surface area (Å²) in [4.78, 5) is 0. The van der Waals surface area contributed by atoms with Crippen molar-refractivity contribution in [3.8, 4) is 5.75 Å². The van der Waals surface area contributed by atoms with Crippen LogP contribution in [-0.4, -0.2) is 13.2 Å². The second-order valence-corrected chi connectivity index (χ2v) is 5.17. The first-order valence-corrected chi connectivity index (χ1v) is 6.09. The van der Waals surface area contributed by atoms with Gasteiger partial charge in [0.15, 0.2) is 0 Å². The summed E-state index contributed by atoms with van der Waals surface area (Å²) in [5, 5.41) is 0. The third-order valence-electron chi connectivity index (χ3n) is 3.11. The van der Waals surface area contributed by atoms with Gasteiger partial charge in [-0.1, -0.05) is 32.1 Å². The minimum absolute atomic E-state index is 0.227. The lowest BCUT2D eigenvalue weighted by molar-refractivity contribution is -0.172. The third kappa shape index (κ3) is 2.70. The van der Waals surface area contributed by atoms with E-state index in [0.29, 0.717) is 6.61 Å². The molecule has 2 rings (SSSR count). The van der Waals surface area contributed by atoms with Crippen molar-refractivity contribution in [2.45, 2.75) is 26.4 Å². The van der Waals surface area contributed by atoms with Crippen LogP contribution in [0.4, 0.5) is 0 Å². The highest BCUT2D eigenvalue weighted by Crippen LogP contribution is 2.45. The normalized spacial score (nSPS) is 21.6. The molecular formula is C15H20O2. The molecule has 1 heterocycles. The van der Waals surface area contributed by atoms with Crippen LogP contribution in [0.15, 0.2) is 36.9 Å². The van der Waals surface area contributed by atoms with E-state index in [1.807, 2.05) is 18.2 Å². The summed E-state index contributed by atoms with van der Waals surface area (Å²) < 4.78 is 11.2. The summed E-state index contributed by atoms with van der Waals surface area (Å²) in [7, 11) is 0. The van der Waals surface area contributed by atoms with Gasteiger partial charge in [0.1, 0.15) is 5.75 Å². The topological polar surface area (TPSA) is 18.5 Å². The van der Waals surface area contributed by atoms with Gasteiger partial charge in [-0.15, -0.1) is 6.58 Å². The van der Waals surface area contributed by atoms with Crippen molar-refractivity contribution in [3.05, 3.63) is 42.5 Å². The molecule has 1 unspecified atom stereocenters. The van der Waals surface area contributed by atoms with E-state index < -0.39 is 0 Å². The van der Waals surface area contributed by atoms with Crippen molar-refractivity contribution in [3.63, 3.8) is 0 Å². The standard InChI is InChI=1S/C15H20O2/c1-4-5-10-16-13-8-6-12(7-9-13)14-15(2,3)11-17-14/h4,6-9,14H,1,5,10-11H2,2-3H3. The number of rotatable bonds is 5. The zero-order valence-corrected chi connectivity index (χ0v) is 10.6. The van der Waals surface area contributed by atoms with Crippen LogP contribution in [0, 0.1) is 5.41 Å². The molecule has 0 radical (unpaired) electrons. The molecule has 0 aromatic heterocycles. The number of hydrogen-bond donors (Lipinski definition) is 0. The predicted molar refractivity (Wildman–Crippen MR) is 69.2 cm³/mol. The fourth-order valence-electron chi connectivity index (χ4n) is 2.05. The van der Waals surface area contributed by atoms with Gasteiger partial charge in [0.2, 0.25) is 0 Å². The van der Waals surface area contributed by atoms with Crippen LogP contribution in [0.3, 0.4) is 0 Å². The van der Waals surface area contributed by atoms with E-state index in [-0.39, 0.29) is 11.5 Å². The average molecular weight is 232 g/mol. The van der Waals surface area contributed by atoms with Gasteiger partial charge < -0.3 is 9.47 Å². The summed E-state index contributed by atoms with van der Waals surface area (Å²) in [5.41, 5.74) is 1.49. The van der Waals surface area contributed by atoms with E-state index in [4.69, 9.17) is 9.47 Å². The summed E-state index contributed by atoms with van der Waals surface area (Å²) in [5.74, 6) is 0.910. The Morgan fingerprint density at radius 3 is 2.59 bits per heavy atom. The SMILES string of the molecule is C=CCCOc1ccc(C2OCC2(C)C)cc1. The minimum Gasteiger partial charge on any atom is -0.493 e. The lowest BCUT2D eigenvalue weighted by Gasteiger charge is -2.44. The number of benzene rings is 1. The van der Waals surface area contributed by atoms with Gasteiger partial charge in [-0.05, 0) is 24.1 Å². The second kappa shape index (κ2) is 4.92. The maximum atomic E-state index is 5.62. The molecule has 1 aliphatic heterocycles. The highest BCUT2D eigenvalue weighted by Gasteiger charge is 2.40. The monoisotopic (exact) mass is 232 g/mol. The van der Waals surface area contributed by atoms with Crippen molar-refractivity contribution in [2.75, 3.05) is 13.2 Å². The van der Waals surface area contributed by atoms with Crippen LogP contribution in [-0.2, 0) is 4.74 Å². The lowest BCUT2D eigenvalue weighted by Crippen LogP contribution is -2.40. The Morgan fingerprint density at radius 1 is 1.41 bits per heavy atom. The summed E-state index contributed by atoms with van der Waals surface area (Å²) in [6.45, 7) is 9.66. The third-order valence-corrected chi connectivity index (χ3v) is 3.11. The smallest absolute Gasteiger partial charge is 0.119 e. The molecule has 0 saturated carbocycles. The lowest BCUT2D eigenvalue weighted by atomic mass is 9.79. The van der Waals surface area contributed by atoms with Gasteiger partial charge in [-0.2, -0.15) is 0 Å². The molecule has 17 heavy (non-hydrogen) atoms. The Morgan fingerprint density at radius 2 is 2.12 bits per heavy atom. The zero-order chi connectivity index (χ0) is 12.3. The Labute approximate surface area is 103 Å². The molecule has 0 aliphatic carbocycles. The minimum atomic E-state index is 0.227. The molecule has 0 bridgehead atoms. The van der Waals surface area contributed by atoms with Crippen molar-refractivity contribution >= 4 is 0 Å². The maximum Gasteiger partial charge on any atom is 0.119 e. The molecule has 1 aromatic rings. The van der Waals surface area contributed by atoms with E-state index in [0.717, 1.165) is 18.8 Å². The predicted octanol–water partition coefficient (Wildman–Crippen LogP) is 3.74. The van der Waals surface area contributed by atoms with Crippen molar-refractivity contribution in [1.29, 1.82) is 0 Å². The first-order chi connectivity index (χ1) is 8.13. The number of ether oxygens (including phenoxy) is 2. The fourth-order valence-corrected chi connectivity index (χ4v) is 2.05. The van der Waals surface area contributed by atoms with Crippen molar-refractivity contribution < 1.29 is 9.47 Å². The van der Waals surface area contributed by atoms with E-state index in [9.17, 15) is 0 Å². The van der Waals surface area contributed by atoms with Gasteiger partial charge in [-0.25, -0.2) is 0 Å². The average Bonchev–Trinajstić information content (AvgIpc) is 2.30. The van der Waals surface area contributed by atoms with E-state index in [2.05, 4.69) is 32.6 Å². The molecule has 92 valence electrons. The highest BCUT2D eigenvalue weighted by atomic mass is 16.5. The molecule has 1 atom stereocenters. The molecular weight excluding hydrogens is 212 g/mol. The first kappa shape index (κ1) is 12.2. The Balaban J connectivity index is 1.96. The molecule has 0 amide bonds. The van der Waals surface area contributed by atoms with Gasteiger partial charge in [0, 0.05) is 5.41 Å². The molecule has 2 nitrogen and oxygen atoms in total. The summed E-state index contributed by atoms with van der Waals surface area (Å²) in [6, 6.07) is 8.20. The van der Waals surface area contributed by atoms with Gasteiger partial charge in [-0.3, -0.25) is 0 Å². The molecule has 1 fully saturated rings. The fraction of sp³-hybridized carbons (Fsp3) is 0.467. The molecule has 1 aromatic carbocycles. The largest absolute Gasteiger partial charge is 0.493 e. The summed E-state index contributed by atoms with van der Waals surface area (Å²) in [6.07, 6.45) is 2.96. The molecule has 0 spiro atoms. The van der Waals surface area contributed by atoms with E-state index >= 15 is 0 Å². The van der Waals surface area contributed by atoms with Crippen LogP contribution in [0.25, 0.3) is 0 Å². The van der Waals surface area contributed by atoms with Crippen LogP contribution >= 0.6 is 0 Å². The molecule has 1 aliphatic rings. The van der Waals surface area contributed by atoms with Gasteiger partial charge in [0.05, 0.1) is 19.3 Å². The Kier molecular flexibility index (Phi) is 3.53. The highest BCUT2D eigenvalue weighted by molar-refractivity contribution is 5.30. The van der Waals surface area contributed by atoms with Crippen molar-refractivity contribution in [1.82, 2.24) is 0 Å². The molecule has 2 heteroatoms. The maximum absolute atomic E-state index is 5.62. The van der Waals surface area contributed by atoms with Crippen molar-refractivity contribution in [2.24, 2.45) is 5.41 Å². The summed E-state index contributed by atoms with van der Waals surface area (Å²) >= 11 is 0. The van der Waals surface area contributed by atoms with Gasteiger partial charge >= 0.3 is 0 Å². The second-order valence-electron chi connectivity index (χ2n) is 5.17. The van der Waals surface area contributed by atoms with Crippen LogP contribution < -0.4 is 4.74 Å². The van der Waals surface area contributed by atoms with Crippen LogP contribution in [0.1, 0.15) is 31.9 Å². The number of hydrogen-bond acceptors (Lipinski definition) is 2. The van der Waals surface area contributed by atoms with Crippen LogP contribution in [0.2, 0.25) is 0 Å². The van der Waals surface area contributed by atoms with E-state index in [1.165, 1.54) is 5.56 Å². The zero-order valence-electron chi connectivity index (χ0n) is 10.6. The molecule has 0 N–H and O–H groups in total. The van der Waals surface area contributed by atoms with E-state index in [1.54, 1.807) is 0 Å². The van der Waals surface area contributed by atoms with Gasteiger partial charge in [0.25, 0.3) is 0 Å².